The molecule has 6 nitrogen and oxygen atoms in total. The average Bonchev–Trinajstić information content (AvgIpc) is 2.78. The van der Waals surface area contributed by atoms with E-state index in [1.807, 2.05) is 54.6 Å². The Morgan fingerprint density at radius 3 is 2.32 bits per heavy atom. The molecule has 0 aromatic heterocycles. The molecule has 2 aliphatic heterocycles. The first-order chi connectivity index (χ1) is 13.7. The second-order valence-electron chi connectivity index (χ2n) is 7.13. The molecule has 150 valence electrons. The van der Waals surface area contributed by atoms with Crippen molar-refractivity contribution in [3.05, 3.63) is 71.3 Å². The molecule has 2 aliphatic rings. The molecule has 6 atom stereocenters. The van der Waals surface area contributed by atoms with Crippen LogP contribution in [-0.4, -0.2) is 47.8 Å². The summed E-state index contributed by atoms with van der Waals surface area (Å²) in [6.07, 6.45) is -3.02. The normalized spacial score (nSPS) is 31.2. The Morgan fingerprint density at radius 2 is 1.64 bits per heavy atom. The van der Waals surface area contributed by atoms with Gasteiger partial charge >= 0.3 is 0 Å². The Hall–Kier alpha value is -1.80. The van der Waals surface area contributed by atoms with Crippen molar-refractivity contribution in [3.8, 4) is 0 Å². The molecule has 6 heteroatoms. The summed E-state index contributed by atoms with van der Waals surface area (Å²) >= 11 is 0. The molecule has 0 saturated carbocycles. The number of aliphatic hydroxyl groups is 2. The Morgan fingerprint density at radius 1 is 0.929 bits per heavy atom. The van der Waals surface area contributed by atoms with E-state index in [0.717, 1.165) is 17.5 Å². The van der Waals surface area contributed by atoms with Gasteiger partial charge in [0.15, 0.2) is 12.6 Å². The molecule has 28 heavy (non-hydrogen) atoms. The van der Waals surface area contributed by atoms with Gasteiger partial charge in [-0.1, -0.05) is 61.5 Å². The highest BCUT2D eigenvalue weighted by Crippen LogP contribution is 2.38. The fraction of sp³-hybridized carbons (Fsp3) is 0.455. The van der Waals surface area contributed by atoms with Crippen LogP contribution < -0.4 is 0 Å². The number of hydrogen-bond donors (Lipinski definition) is 2. The third-order valence-electron chi connectivity index (χ3n) is 5.26. The molecule has 0 bridgehead atoms. The van der Waals surface area contributed by atoms with Crippen molar-refractivity contribution in [1.82, 2.24) is 0 Å². The topological polar surface area (TPSA) is 77.4 Å². The number of aliphatic hydroxyl groups excluding tert-OH is 2. The van der Waals surface area contributed by atoms with E-state index in [9.17, 15) is 10.2 Å². The highest BCUT2D eigenvalue weighted by molar-refractivity contribution is 5.24. The van der Waals surface area contributed by atoms with Gasteiger partial charge in [-0.3, -0.25) is 0 Å². The molecule has 2 unspecified atom stereocenters. The predicted molar refractivity (Wildman–Crippen MR) is 101 cm³/mol. The summed E-state index contributed by atoms with van der Waals surface area (Å²) in [7, 11) is 0. The number of fused-ring (bicyclic) bond motifs is 1. The third-order valence-corrected chi connectivity index (χ3v) is 5.26. The molecular weight excluding hydrogens is 360 g/mol. The highest BCUT2D eigenvalue weighted by atomic mass is 16.8. The Balaban J connectivity index is 1.53. The van der Waals surface area contributed by atoms with E-state index >= 15 is 0 Å². The van der Waals surface area contributed by atoms with Gasteiger partial charge < -0.3 is 29.2 Å². The lowest BCUT2D eigenvalue weighted by Gasteiger charge is -2.47. The summed E-state index contributed by atoms with van der Waals surface area (Å²) in [5.74, 6) is 0. The molecular formula is C22H26O6. The predicted octanol–water partition coefficient (Wildman–Crippen LogP) is 2.50. The molecule has 2 fully saturated rings. The minimum atomic E-state index is -1.08. The van der Waals surface area contributed by atoms with Gasteiger partial charge in [0.2, 0.25) is 0 Å². The minimum absolute atomic E-state index is 0.312. The number of hydrogen-bond acceptors (Lipinski definition) is 6. The second kappa shape index (κ2) is 8.69. The van der Waals surface area contributed by atoms with Crippen molar-refractivity contribution >= 4 is 0 Å². The number of ether oxygens (including phenoxy) is 4. The van der Waals surface area contributed by atoms with Crippen LogP contribution in [0.3, 0.4) is 0 Å². The van der Waals surface area contributed by atoms with Gasteiger partial charge in [0, 0.05) is 11.1 Å². The first-order valence-corrected chi connectivity index (χ1v) is 9.70. The lowest BCUT2D eigenvalue weighted by molar-refractivity contribution is -0.373. The fourth-order valence-corrected chi connectivity index (χ4v) is 3.63. The average molecular weight is 386 g/mol. The summed E-state index contributed by atoms with van der Waals surface area (Å²) in [5, 5.41) is 19.9. The molecule has 2 saturated heterocycles. The molecule has 0 amide bonds. The third kappa shape index (κ3) is 3.98. The molecule has 2 aromatic rings. The van der Waals surface area contributed by atoms with Crippen LogP contribution in [0.2, 0.25) is 0 Å². The maximum absolute atomic E-state index is 10.4. The van der Waals surface area contributed by atoms with Crippen LogP contribution in [0, 0.1) is 0 Å². The lowest BCUT2D eigenvalue weighted by Crippen LogP contribution is -2.58. The van der Waals surface area contributed by atoms with Crippen molar-refractivity contribution in [2.75, 3.05) is 13.2 Å². The number of benzene rings is 2. The standard InChI is InChI=1S/C22H26O6/c1-2-14-8-10-16(11-9-14)21-25-13-18-20(28-21)19(17(24)12-23)27-22(26-18)15-6-4-3-5-7-15/h3-11,17-24H,2,12-13H2,1H3/t17-,18+,19-,20-,21?,22?/m1/s1. The first-order valence-electron chi connectivity index (χ1n) is 9.70. The maximum atomic E-state index is 10.4. The SMILES string of the molecule is CCc1ccc(C2OC[C@@H]3OC(c4ccccc4)O[C@H]([C@H](O)CO)[C@@H]3O2)cc1. The second-order valence-corrected chi connectivity index (χ2v) is 7.13. The van der Waals surface area contributed by atoms with Gasteiger partial charge in [0.1, 0.15) is 24.4 Å². The zero-order chi connectivity index (χ0) is 19.5. The molecule has 0 radical (unpaired) electrons. The van der Waals surface area contributed by atoms with Crippen molar-refractivity contribution in [1.29, 1.82) is 0 Å². The van der Waals surface area contributed by atoms with E-state index in [4.69, 9.17) is 18.9 Å². The molecule has 0 spiro atoms. The molecule has 4 rings (SSSR count). The zero-order valence-electron chi connectivity index (χ0n) is 15.8. The van der Waals surface area contributed by atoms with Crippen LogP contribution in [0.1, 0.15) is 36.2 Å². The van der Waals surface area contributed by atoms with Gasteiger partial charge in [-0.2, -0.15) is 0 Å². The monoisotopic (exact) mass is 386 g/mol. The highest BCUT2D eigenvalue weighted by Gasteiger charge is 2.48. The van der Waals surface area contributed by atoms with Crippen LogP contribution in [-0.2, 0) is 25.4 Å². The van der Waals surface area contributed by atoms with Crippen molar-refractivity contribution in [2.45, 2.75) is 50.3 Å². The minimum Gasteiger partial charge on any atom is -0.394 e. The summed E-state index contributed by atoms with van der Waals surface area (Å²) < 4.78 is 24.1. The van der Waals surface area contributed by atoms with Gasteiger partial charge in [-0.25, -0.2) is 0 Å². The van der Waals surface area contributed by atoms with Crippen LogP contribution in [0.5, 0.6) is 0 Å². The molecule has 2 N–H and O–H groups in total. The molecule has 2 aromatic carbocycles. The van der Waals surface area contributed by atoms with E-state index in [1.165, 1.54) is 5.56 Å². The zero-order valence-corrected chi connectivity index (χ0v) is 15.8. The van der Waals surface area contributed by atoms with Gasteiger partial charge in [-0.15, -0.1) is 0 Å². The summed E-state index contributed by atoms with van der Waals surface area (Å²) in [6.45, 7) is 2.00. The van der Waals surface area contributed by atoms with Crippen molar-refractivity contribution in [3.63, 3.8) is 0 Å². The van der Waals surface area contributed by atoms with Crippen molar-refractivity contribution in [2.24, 2.45) is 0 Å². The van der Waals surface area contributed by atoms with Gasteiger partial charge in [0.05, 0.1) is 13.2 Å². The molecule has 2 heterocycles. The summed E-state index contributed by atoms with van der Waals surface area (Å²) in [5.41, 5.74) is 2.98. The molecule has 0 aliphatic carbocycles. The van der Waals surface area contributed by atoms with Crippen LogP contribution in [0.25, 0.3) is 0 Å². The fourth-order valence-electron chi connectivity index (χ4n) is 3.63. The van der Waals surface area contributed by atoms with E-state index in [1.54, 1.807) is 0 Å². The summed E-state index contributed by atoms with van der Waals surface area (Å²) in [4.78, 5) is 0. The van der Waals surface area contributed by atoms with E-state index in [-0.39, 0.29) is 0 Å². The van der Waals surface area contributed by atoms with Crippen LogP contribution >= 0.6 is 0 Å². The smallest absolute Gasteiger partial charge is 0.184 e. The Bertz CT molecular complexity index is 749. The first kappa shape index (κ1) is 19.5. The Kier molecular flexibility index (Phi) is 6.06. The number of aryl methyl sites for hydroxylation is 1. The Labute approximate surface area is 164 Å². The van der Waals surface area contributed by atoms with Crippen LogP contribution in [0.15, 0.2) is 54.6 Å². The number of rotatable bonds is 5. The van der Waals surface area contributed by atoms with Gasteiger partial charge in [0.25, 0.3) is 0 Å². The van der Waals surface area contributed by atoms with Crippen molar-refractivity contribution < 1.29 is 29.2 Å². The van der Waals surface area contributed by atoms with E-state index < -0.39 is 43.6 Å². The van der Waals surface area contributed by atoms with Gasteiger partial charge in [-0.05, 0) is 12.0 Å². The maximum Gasteiger partial charge on any atom is 0.184 e. The quantitative estimate of drug-likeness (QED) is 0.822. The van der Waals surface area contributed by atoms with Crippen LogP contribution in [0.4, 0.5) is 0 Å². The van der Waals surface area contributed by atoms with E-state index in [2.05, 4.69) is 6.92 Å². The van der Waals surface area contributed by atoms with E-state index in [0.29, 0.717) is 6.61 Å². The lowest BCUT2D eigenvalue weighted by atomic mass is 9.99. The summed E-state index contributed by atoms with van der Waals surface area (Å²) in [6, 6.07) is 17.6. The largest absolute Gasteiger partial charge is 0.394 e.